The molecule has 8 heteroatoms. The van der Waals surface area contributed by atoms with Crippen molar-refractivity contribution >= 4 is 40.5 Å². The number of nitrogens with one attached hydrogen (secondary N) is 1. The average molecular weight is 377 g/mol. The number of anilines is 1. The van der Waals surface area contributed by atoms with Crippen LogP contribution in [0.25, 0.3) is 11.5 Å². The number of methoxy groups -OCH3 is 1. The van der Waals surface area contributed by atoms with Gasteiger partial charge in [0, 0.05) is 5.38 Å². The van der Waals surface area contributed by atoms with Gasteiger partial charge in [-0.2, -0.15) is 0 Å². The number of hydrogen-bond donors (Lipinski definition) is 1. The summed E-state index contributed by atoms with van der Waals surface area (Å²) in [5.74, 6) is -0.391. The van der Waals surface area contributed by atoms with E-state index in [0.29, 0.717) is 16.5 Å². The fraction of sp³-hybridized carbons (Fsp3) is 0.118. The molecular weight excluding hydrogens is 364 g/mol. The van der Waals surface area contributed by atoms with E-state index in [4.69, 9.17) is 16.0 Å². The molecular formula is C17H13ClN2O4S. The predicted molar refractivity (Wildman–Crippen MR) is 95.3 cm³/mol. The van der Waals surface area contributed by atoms with E-state index >= 15 is 0 Å². The monoisotopic (exact) mass is 376 g/mol. The molecule has 6 nitrogen and oxygen atoms in total. The second-order valence-electron chi connectivity index (χ2n) is 5.06. The molecule has 0 fully saturated rings. The topological polar surface area (TPSA) is 81.4 Å². The number of aryl methyl sites for hydroxylation is 1. The molecule has 1 N–H and O–H groups in total. The quantitative estimate of drug-likeness (QED) is 0.682. The van der Waals surface area contributed by atoms with Crippen molar-refractivity contribution < 1.29 is 18.7 Å². The van der Waals surface area contributed by atoms with Crippen LogP contribution in [0.3, 0.4) is 0 Å². The van der Waals surface area contributed by atoms with Crippen molar-refractivity contribution in [1.29, 1.82) is 0 Å². The molecule has 0 bridgehead atoms. The SMILES string of the molecule is COC(=O)c1ccc(Cl)c(NC(=O)c2ccc(-c3csc(C)n3)o2)c1. The number of thiazole rings is 1. The number of benzene rings is 1. The van der Waals surface area contributed by atoms with Crippen LogP contribution in [0.2, 0.25) is 5.02 Å². The van der Waals surface area contributed by atoms with Crippen LogP contribution in [0, 0.1) is 6.92 Å². The summed E-state index contributed by atoms with van der Waals surface area (Å²) in [4.78, 5) is 28.3. The highest BCUT2D eigenvalue weighted by Gasteiger charge is 2.16. The summed E-state index contributed by atoms with van der Waals surface area (Å²) < 4.78 is 10.2. The van der Waals surface area contributed by atoms with E-state index in [2.05, 4.69) is 15.0 Å². The Labute approximate surface area is 152 Å². The molecule has 2 aromatic heterocycles. The first kappa shape index (κ1) is 17.2. The predicted octanol–water partition coefficient (Wildman–Crippen LogP) is 4.40. The lowest BCUT2D eigenvalue weighted by atomic mass is 10.2. The molecule has 0 unspecified atom stereocenters. The summed E-state index contributed by atoms with van der Waals surface area (Å²) >= 11 is 7.57. The summed E-state index contributed by atoms with van der Waals surface area (Å²) in [5.41, 5.74) is 1.24. The summed E-state index contributed by atoms with van der Waals surface area (Å²) in [5, 5.41) is 5.68. The number of hydrogen-bond acceptors (Lipinski definition) is 6. The van der Waals surface area contributed by atoms with Gasteiger partial charge in [0.25, 0.3) is 5.91 Å². The maximum absolute atomic E-state index is 12.4. The summed E-state index contributed by atoms with van der Waals surface area (Å²) in [6, 6.07) is 7.70. The Balaban J connectivity index is 1.81. The van der Waals surface area contributed by atoms with Crippen molar-refractivity contribution in [1.82, 2.24) is 4.98 Å². The van der Waals surface area contributed by atoms with Crippen molar-refractivity contribution in [3.05, 3.63) is 57.1 Å². The van der Waals surface area contributed by atoms with Gasteiger partial charge < -0.3 is 14.5 Å². The van der Waals surface area contributed by atoms with Gasteiger partial charge in [0.05, 0.1) is 28.4 Å². The molecule has 3 rings (SSSR count). The first-order valence-electron chi connectivity index (χ1n) is 7.19. The van der Waals surface area contributed by atoms with Gasteiger partial charge in [-0.15, -0.1) is 11.3 Å². The molecule has 0 spiro atoms. The van der Waals surface area contributed by atoms with Gasteiger partial charge in [0.2, 0.25) is 0 Å². The zero-order valence-corrected chi connectivity index (χ0v) is 14.9. The van der Waals surface area contributed by atoms with Gasteiger partial charge in [0.15, 0.2) is 11.5 Å². The first-order valence-corrected chi connectivity index (χ1v) is 8.45. The molecule has 1 amide bonds. The average Bonchev–Trinajstić information content (AvgIpc) is 3.25. The van der Waals surface area contributed by atoms with Crippen LogP contribution in [0.4, 0.5) is 5.69 Å². The van der Waals surface area contributed by atoms with Crippen molar-refractivity contribution in [2.24, 2.45) is 0 Å². The molecule has 0 atom stereocenters. The third kappa shape index (κ3) is 3.72. The van der Waals surface area contributed by atoms with Crippen LogP contribution >= 0.6 is 22.9 Å². The Morgan fingerprint density at radius 1 is 1.28 bits per heavy atom. The third-order valence-electron chi connectivity index (χ3n) is 3.34. The van der Waals surface area contributed by atoms with E-state index in [9.17, 15) is 9.59 Å². The number of ether oxygens (including phenoxy) is 1. The van der Waals surface area contributed by atoms with E-state index in [1.165, 1.54) is 36.6 Å². The van der Waals surface area contributed by atoms with E-state index in [1.807, 2.05) is 12.3 Å². The number of esters is 1. The molecule has 2 heterocycles. The second-order valence-corrected chi connectivity index (χ2v) is 6.53. The Kier molecular flexibility index (Phi) is 4.87. The van der Waals surface area contributed by atoms with Crippen LogP contribution in [0.5, 0.6) is 0 Å². The molecule has 0 saturated heterocycles. The Morgan fingerprint density at radius 2 is 2.08 bits per heavy atom. The van der Waals surface area contributed by atoms with Gasteiger partial charge in [-0.25, -0.2) is 9.78 Å². The number of nitrogens with zero attached hydrogens (tertiary/aromatic N) is 1. The van der Waals surface area contributed by atoms with Crippen molar-refractivity contribution in [2.75, 3.05) is 12.4 Å². The van der Waals surface area contributed by atoms with Gasteiger partial charge in [-0.05, 0) is 37.3 Å². The van der Waals surface area contributed by atoms with Crippen molar-refractivity contribution in [3.8, 4) is 11.5 Å². The van der Waals surface area contributed by atoms with Gasteiger partial charge in [-0.3, -0.25) is 4.79 Å². The van der Waals surface area contributed by atoms with Crippen molar-refractivity contribution in [2.45, 2.75) is 6.92 Å². The van der Waals surface area contributed by atoms with Gasteiger partial charge in [-0.1, -0.05) is 11.6 Å². The minimum Gasteiger partial charge on any atom is -0.465 e. The zero-order valence-electron chi connectivity index (χ0n) is 13.3. The molecule has 0 aliphatic heterocycles. The molecule has 0 radical (unpaired) electrons. The molecule has 3 aromatic rings. The van der Waals surface area contributed by atoms with Crippen LogP contribution in [-0.2, 0) is 4.74 Å². The Morgan fingerprint density at radius 3 is 2.76 bits per heavy atom. The zero-order chi connectivity index (χ0) is 18.0. The first-order chi connectivity index (χ1) is 12.0. The minimum atomic E-state index is -0.522. The summed E-state index contributed by atoms with van der Waals surface area (Å²) in [7, 11) is 1.28. The summed E-state index contributed by atoms with van der Waals surface area (Å²) in [6.07, 6.45) is 0. The highest BCUT2D eigenvalue weighted by molar-refractivity contribution is 7.09. The van der Waals surface area contributed by atoms with Gasteiger partial charge in [0.1, 0.15) is 5.69 Å². The number of aromatic nitrogens is 1. The highest BCUT2D eigenvalue weighted by atomic mass is 35.5. The minimum absolute atomic E-state index is 0.111. The van der Waals surface area contributed by atoms with Crippen LogP contribution in [0.15, 0.2) is 40.1 Å². The Bertz CT molecular complexity index is 948. The number of halogens is 1. The highest BCUT2D eigenvalue weighted by Crippen LogP contribution is 2.26. The van der Waals surface area contributed by atoms with E-state index in [0.717, 1.165) is 5.01 Å². The molecule has 0 saturated carbocycles. The Hall–Kier alpha value is -2.64. The lowest BCUT2D eigenvalue weighted by Crippen LogP contribution is -2.12. The van der Waals surface area contributed by atoms with Crippen molar-refractivity contribution in [3.63, 3.8) is 0 Å². The molecule has 1 aromatic carbocycles. The third-order valence-corrected chi connectivity index (χ3v) is 4.44. The van der Waals surface area contributed by atoms with Gasteiger partial charge >= 0.3 is 5.97 Å². The number of furan rings is 1. The normalized spacial score (nSPS) is 10.5. The maximum Gasteiger partial charge on any atom is 0.337 e. The number of amides is 1. The fourth-order valence-corrected chi connectivity index (χ4v) is 2.89. The summed E-state index contributed by atoms with van der Waals surface area (Å²) in [6.45, 7) is 1.89. The van der Waals surface area contributed by atoms with E-state index in [-0.39, 0.29) is 17.0 Å². The number of carbonyl (C=O) groups is 2. The lowest BCUT2D eigenvalue weighted by molar-refractivity contribution is 0.0600. The molecule has 128 valence electrons. The fourth-order valence-electron chi connectivity index (χ4n) is 2.12. The number of carbonyl (C=O) groups excluding carboxylic acids is 2. The standard InChI is InChI=1S/C17H13ClN2O4S/c1-9-19-13(8-25-9)14-5-6-15(24-14)16(21)20-12-7-10(17(22)23-2)3-4-11(12)18/h3-8H,1-2H3,(H,20,21). The largest absolute Gasteiger partial charge is 0.465 e. The molecule has 25 heavy (non-hydrogen) atoms. The number of rotatable bonds is 4. The smallest absolute Gasteiger partial charge is 0.337 e. The van der Waals surface area contributed by atoms with E-state index in [1.54, 1.807) is 12.1 Å². The van der Waals surface area contributed by atoms with Crippen LogP contribution in [-0.4, -0.2) is 24.0 Å². The van der Waals surface area contributed by atoms with Crippen LogP contribution < -0.4 is 5.32 Å². The molecule has 0 aliphatic rings. The second kappa shape index (κ2) is 7.08. The lowest BCUT2D eigenvalue weighted by Gasteiger charge is -2.07. The maximum atomic E-state index is 12.4. The van der Waals surface area contributed by atoms with E-state index < -0.39 is 11.9 Å². The molecule has 0 aliphatic carbocycles. The van der Waals surface area contributed by atoms with Crippen LogP contribution in [0.1, 0.15) is 25.9 Å².